The van der Waals surface area contributed by atoms with E-state index in [2.05, 4.69) is 24.1 Å². The van der Waals surface area contributed by atoms with Crippen LogP contribution in [0.5, 0.6) is 0 Å². The lowest BCUT2D eigenvalue weighted by Gasteiger charge is -2.37. The Balaban J connectivity index is 1.62. The standard InChI is InChI=1S/C17H26N2O3S/c1-12-9-16(23-13(12)2)17(20)18-10-15(14-3-6-22-11-14)19-4-7-21-8-5-19/h9,14-15H,3-8,10-11H2,1-2H3,(H,18,20). The van der Waals surface area contributed by atoms with Crippen LogP contribution in [0.25, 0.3) is 0 Å². The first-order valence-corrected chi connectivity index (χ1v) is 9.21. The summed E-state index contributed by atoms with van der Waals surface area (Å²) in [4.78, 5) is 16.9. The minimum absolute atomic E-state index is 0.0448. The zero-order valence-corrected chi connectivity index (χ0v) is 14.8. The molecule has 2 fully saturated rings. The number of rotatable bonds is 5. The number of hydrogen-bond acceptors (Lipinski definition) is 5. The summed E-state index contributed by atoms with van der Waals surface area (Å²) in [7, 11) is 0. The van der Waals surface area contributed by atoms with Crippen LogP contribution in [-0.4, -0.2) is 62.9 Å². The van der Waals surface area contributed by atoms with E-state index in [9.17, 15) is 4.79 Å². The molecule has 2 aliphatic heterocycles. The van der Waals surface area contributed by atoms with Gasteiger partial charge in [-0.25, -0.2) is 0 Å². The van der Waals surface area contributed by atoms with Gasteiger partial charge >= 0.3 is 0 Å². The first kappa shape index (κ1) is 16.9. The van der Waals surface area contributed by atoms with Gasteiger partial charge in [-0.1, -0.05) is 0 Å². The predicted octanol–water partition coefficient (Wildman–Crippen LogP) is 1.83. The number of morpholine rings is 1. The maximum absolute atomic E-state index is 12.4. The second kappa shape index (κ2) is 7.75. The molecular formula is C17H26N2O3S. The van der Waals surface area contributed by atoms with Gasteiger partial charge in [-0.2, -0.15) is 0 Å². The number of carbonyl (C=O) groups excluding carboxylic acids is 1. The zero-order valence-electron chi connectivity index (χ0n) is 14.0. The van der Waals surface area contributed by atoms with E-state index in [1.54, 1.807) is 11.3 Å². The van der Waals surface area contributed by atoms with Crippen molar-refractivity contribution >= 4 is 17.2 Å². The van der Waals surface area contributed by atoms with Crippen LogP contribution >= 0.6 is 11.3 Å². The summed E-state index contributed by atoms with van der Waals surface area (Å²) in [5, 5.41) is 3.15. The highest BCUT2D eigenvalue weighted by Gasteiger charge is 2.31. The largest absolute Gasteiger partial charge is 0.381 e. The molecule has 6 heteroatoms. The average molecular weight is 338 g/mol. The maximum atomic E-state index is 12.4. The Kier molecular flexibility index (Phi) is 5.69. The van der Waals surface area contributed by atoms with Crippen molar-refractivity contribution in [3.63, 3.8) is 0 Å². The molecule has 2 atom stereocenters. The summed E-state index contributed by atoms with van der Waals surface area (Å²) in [5.41, 5.74) is 1.19. The molecule has 5 nitrogen and oxygen atoms in total. The summed E-state index contributed by atoms with van der Waals surface area (Å²) in [6, 6.07) is 2.32. The fraction of sp³-hybridized carbons (Fsp3) is 0.706. The normalized spacial score (nSPS) is 23.8. The van der Waals surface area contributed by atoms with E-state index in [0.29, 0.717) is 18.5 Å². The molecule has 0 saturated carbocycles. The van der Waals surface area contributed by atoms with Crippen molar-refractivity contribution in [3.8, 4) is 0 Å². The lowest BCUT2D eigenvalue weighted by molar-refractivity contribution is 0.00167. The molecule has 1 aromatic rings. The number of aryl methyl sites for hydroxylation is 2. The molecule has 1 N–H and O–H groups in total. The number of hydrogen-bond donors (Lipinski definition) is 1. The Morgan fingerprint density at radius 1 is 1.35 bits per heavy atom. The average Bonchev–Trinajstić information content (AvgIpc) is 3.19. The van der Waals surface area contributed by atoms with Gasteiger partial charge in [0.15, 0.2) is 0 Å². The topological polar surface area (TPSA) is 50.8 Å². The monoisotopic (exact) mass is 338 g/mol. The Hall–Kier alpha value is -0.950. The third-order valence-electron chi connectivity index (χ3n) is 4.89. The van der Waals surface area contributed by atoms with Crippen LogP contribution in [-0.2, 0) is 9.47 Å². The van der Waals surface area contributed by atoms with Crippen molar-refractivity contribution in [3.05, 3.63) is 21.4 Å². The van der Waals surface area contributed by atoms with Gasteiger partial charge in [0.2, 0.25) is 0 Å². The molecule has 0 bridgehead atoms. The highest BCUT2D eigenvalue weighted by Crippen LogP contribution is 2.23. The lowest BCUT2D eigenvalue weighted by Crippen LogP contribution is -2.52. The summed E-state index contributed by atoms with van der Waals surface area (Å²) >= 11 is 1.57. The quantitative estimate of drug-likeness (QED) is 0.890. The molecule has 3 heterocycles. The van der Waals surface area contributed by atoms with Crippen LogP contribution in [0.15, 0.2) is 6.07 Å². The third kappa shape index (κ3) is 4.12. The van der Waals surface area contributed by atoms with Gasteiger partial charge in [0, 0.05) is 43.1 Å². The molecule has 2 saturated heterocycles. The van der Waals surface area contributed by atoms with Crippen molar-refractivity contribution in [1.82, 2.24) is 10.2 Å². The molecule has 23 heavy (non-hydrogen) atoms. The number of nitrogens with zero attached hydrogens (tertiary/aromatic N) is 1. The zero-order chi connectivity index (χ0) is 16.2. The van der Waals surface area contributed by atoms with E-state index in [4.69, 9.17) is 9.47 Å². The van der Waals surface area contributed by atoms with Crippen molar-refractivity contribution in [2.75, 3.05) is 46.1 Å². The molecule has 2 unspecified atom stereocenters. The van der Waals surface area contributed by atoms with Gasteiger partial charge < -0.3 is 14.8 Å². The minimum atomic E-state index is 0.0448. The second-order valence-corrected chi connectivity index (χ2v) is 7.66. The Labute approximate surface area is 142 Å². The first-order valence-electron chi connectivity index (χ1n) is 8.40. The van der Waals surface area contributed by atoms with Gasteiger partial charge in [-0.05, 0) is 31.9 Å². The van der Waals surface area contributed by atoms with Crippen molar-refractivity contribution < 1.29 is 14.3 Å². The van der Waals surface area contributed by atoms with E-state index >= 15 is 0 Å². The second-order valence-electron chi connectivity index (χ2n) is 6.40. The fourth-order valence-electron chi connectivity index (χ4n) is 3.33. The molecule has 0 aliphatic carbocycles. The lowest BCUT2D eigenvalue weighted by atomic mass is 9.97. The van der Waals surface area contributed by atoms with Crippen molar-refractivity contribution in [2.24, 2.45) is 5.92 Å². The molecule has 128 valence electrons. The molecule has 0 spiro atoms. The van der Waals surface area contributed by atoms with Gasteiger partial charge in [-0.15, -0.1) is 11.3 Å². The minimum Gasteiger partial charge on any atom is -0.381 e. The fourth-order valence-corrected chi connectivity index (χ4v) is 4.28. The maximum Gasteiger partial charge on any atom is 0.261 e. The number of carbonyl (C=O) groups is 1. The van der Waals surface area contributed by atoms with Gasteiger partial charge in [0.25, 0.3) is 5.91 Å². The SMILES string of the molecule is Cc1cc(C(=O)NCC(C2CCOC2)N2CCOCC2)sc1C. The predicted molar refractivity (Wildman–Crippen MR) is 91.2 cm³/mol. The Morgan fingerprint density at radius 2 is 2.13 bits per heavy atom. The molecule has 2 aliphatic rings. The summed E-state index contributed by atoms with van der Waals surface area (Å²) in [6.45, 7) is 9.87. The summed E-state index contributed by atoms with van der Waals surface area (Å²) < 4.78 is 11.0. The van der Waals surface area contributed by atoms with E-state index in [1.807, 2.05) is 6.07 Å². The van der Waals surface area contributed by atoms with Crippen LogP contribution in [0.1, 0.15) is 26.5 Å². The van der Waals surface area contributed by atoms with Gasteiger partial charge in [-0.3, -0.25) is 9.69 Å². The van der Waals surface area contributed by atoms with E-state index in [1.165, 1.54) is 10.4 Å². The summed E-state index contributed by atoms with van der Waals surface area (Å²) in [5.74, 6) is 0.545. The third-order valence-corrected chi connectivity index (χ3v) is 6.04. The van der Waals surface area contributed by atoms with Crippen LogP contribution < -0.4 is 5.32 Å². The van der Waals surface area contributed by atoms with Crippen LogP contribution in [0.3, 0.4) is 0 Å². The number of amides is 1. The van der Waals surface area contributed by atoms with E-state index < -0.39 is 0 Å². The van der Waals surface area contributed by atoms with Crippen molar-refractivity contribution in [2.45, 2.75) is 26.3 Å². The highest BCUT2D eigenvalue weighted by atomic mass is 32.1. The van der Waals surface area contributed by atoms with E-state index in [-0.39, 0.29) is 5.91 Å². The first-order chi connectivity index (χ1) is 11.1. The molecule has 0 radical (unpaired) electrons. The number of thiophene rings is 1. The molecule has 1 amide bonds. The molecular weight excluding hydrogens is 312 g/mol. The molecule has 0 aromatic carbocycles. The van der Waals surface area contributed by atoms with Crippen molar-refractivity contribution in [1.29, 1.82) is 0 Å². The summed E-state index contributed by atoms with van der Waals surface area (Å²) in [6.07, 6.45) is 1.08. The number of ether oxygens (including phenoxy) is 2. The smallest absolute Gasteiger partial charge is 0.261 e. The number of nitrogens with one attached hydrogen (secondary N) is 1. The van der Waals surface area contributed by atoms with Crippen LogP contribution in [0, 0.1) is 19.8 Å². The molecule has 3 rings (SSSR count). The molecule has 1 aromatic heterocycles. The Morgan fingerprint density at radius 3 is 2.74 bits per heavy atom. The van der Waals surface area contributed by atoms with Gasteiger partial charge in [0.1, 0.15) is 0 Å². The van der Waals surface area contributed by atoms with E-state index in [0.717, 1.165) is 50.8 Å². The van der Waals surface area contributed by atoms with Gasteiger partial charge in [0.05, 0.1) is 24.7 Å². The highest BCUT2D eigenvalue weighted by molar-refractivity contribution is 7.14. The Bertz CT molecular complexity index is 514. The van der Waals surface area contributed by atoms with Crippen LogP contribution in [0.2, 0.25) is 0 Å². The van der Waals surface area contributed by atoms with Crippen LogP contribution in [0.4, 0.5) is 0 Å².